The van der Waals surface area contributed by atoms with Crippen molar-refractivity contribution in [3.63, 3.8) is 0 Å². The first-order valence-electron chi connectivity index (χ1n) is 7.47. The molecule has 4 aromatic rings. The van der Waals surface area contributed by atoms with Crippen LogP contribution in [0.2, 0.25) is 0 Å². The quantitative estimate of drug-likeness (QED) is 0.621. The van der Waals surface area contributed by atoms with E-state index in [1.165, 1.54) is 17.1 Å². The summed E-state index contributed by atoms with van der Waals surface area (Å²) in [6, 6.07) is 15.5. The molecule has 0 atom stereocenters. The lowest BCUT2D eigenvalue weighted by molar-refractivity contribution is 0.612. The maximum Gasteiger partial charge on any atom is 0.168 e. The second-order valence-corrected chi connectivity index (χ2v) is 5.28. The second-order valence-electron chi connectivity index (χ2n) is 5.28. The zero-order chi connectivity index (χ0) is 17.2. The van der Waals surface area contributed by atoms with Gasteiger partial charge in [-0.2, -0.15) is 10.4 Å². The van der Waals surface area contributed by atoms with Crippen LogP contribution in [-0.2, 0) is 0 Å². The summed E-state index contributed by atoms with van der Waals surface area (Å²) in [5, 5.41) is 17.0. The molecule has 0 saturated heterocycles. The maximum atomic E-state index is 14.1. The van der Waals surface area contributed by atoms with Crippen LogP contribution in [0.5, 0.6) is 0 Å². The predicted molar refractivity (Wildman–Crippen MR) is 91.1 cm³/mol. The maximum absolute atomic E-state index is 14.1. The molecule has 25 heavy (non-hydrogen) atoms. The van der Waals surface area contributed by atoms with Crippen molar-refractivity contribution in [3.05, 3.63) is 72.4 Å². The van der Waals surface area contributed by atoms with Gasteiger partial charge < -0.3 is 5.32 Å². The summed E-state index contributed by atoms with van der Waals surface area (Å²) in [7, 11) is 0. The Morgan fingerprint density at radius 3 is 2.80 bits per heavy atom. The van der Waals surface area contributed by atoms with Crippen molar-refractivity contribution in [2.45, 2.75) is 0 Å². The molecule has 0 unspecified atom stereocenters. The van der Waals surface area contributed by atoms with Crippen LogP contribution in [0, 0.1) is 17.1 Å². The molecule has 0 saturated carbocycles. The Morgan fingerprint density at radius 2 is 1.96 bits per heavy atom. The first-order valence-corrected chi connectivity index (χ1v) is 7.47. The van der Waals surface area contributed by atoms with Gasteiger partial charge in [-0.3, -0.25) is 0 Å². The summed E-state index contributed by atoms with van der Waals surface area (Å²) in [6.07, 6.45) is 2.97. The minimum atomic E-state index is -0.387. The topological polar surface area (TPSA) is 79.4 Å². The molecule has 0 fully saturated rings. The first kappa shape index (κ1) is 14.8. The second kappa shape index (κ2) is 6.02. The van der Waals surface area contributed by atoms with Gasteiger partial charge in [-0.05, 0) is 30.3 Å². The SMILES string of the molecule is N#Cc1cccc(Nc2ncnc3c2cnn3-c2ccccc2F)c1. The highest BCUT2D eigenvalue weighted by Gasteiger charge is 2.13. The number of benzene rings is 2. The average Bonchev–Trinajstić information content (AvgIpc) is 3.07. The number of fused-ring (bicyclic) bond motifs is 1. The molecule has 120 valence electrons. The Morgan fingerprint density at radius 1 is 1.08 bits per heavy atom. The lowest BCUT2D eigenvalue weighted by Crippen LogP contribution is -2.01. The fraction of sp³-hybridized carbons (Fsp3) is 0. The van der Waals surface area contributed by atoms with Crippen LogP contribution >= 0.6 is 0 Å². The lowest BCUT2D eigenvalue weighted by atomic mass is 10.2. The van der Waals surface area contributed by atoms with E-state index in [-0.39, 0.29) is 5.82 Å². The van der Waals surface area contributed by atoms with E-state index in [9.17, 15) is 4.39 Å². The van der Waals surface area contributed by atoms with Gasteiger partial charge in [-0.1, -0.05) is 18.2 Å². The number of halogens is 1. The van der Waals surface area contributed by atoms with Gasteiger partial charge in [0.2, 0.25) is 0 Å². The van der Waals surface area contributed by atoms with Crippen LogP contribution in [0.15, 0.2) is 61.1 Å². The van der Waals surface area contributed by atoms with Crippen LogP contribution in [0.25, 0.3) is 16.7 Å². The Labute approximate surface area is 142 Å². The number of nitrogens with one attached hydrogen (secondary N) is 1. The first-order chi connectivity index (χ1) is 12.3. The van der Waals surface area contributed by atoms with Crippen molar-refractivity contribution in [2.24, 2.45) is 0 Å². The molecule has 7 heteroatoms. The van der Waals surface area contributed by atoms with Crippen LogP contribution in [0.1, 0.15) is 5.56 Å². The average molecular weight is 330 g/mol. The Bertz CT molecular complexity index is 1110. The number of hydrogen-bond donors (Lipinski definition) is 1. The van der Waals surface area contributed by atoms with Crippen molar-refractivity contribution in [1.82, 2.24) is 19.7 Å². The molecule has 0 aliphatic heterocycles. The highest BCUT2D eigenvalue weighted by atomic mass is 19.1. The third-order valence-electron chi connectivity index (χ3n) is 3.70. The molecule has 2 aromatic carbocycles. The number of aromatic nitrogens is 4. The zero-order valence-corrected chi connectivity index (χ0v) is 12.9. The van der Waals surface area contributed by atoms with Gasteiger partial charge in [0.25, 0.3) is 0 Å². The number of hydrogen-bond acceptors (Lipinski definition) is 5. The summed E-state index contributed by atoms with van der Waals surface area (Å²) in [6.45, 7) is 0. The van der Waals surface area contributed by atoms with E-state index in [1.54, 1.807) is 42.6 Å². The van der Waals surface area contributed by atoms with E-state index in [0.717, 1.165) is 5.69 Å². The van der Waals surface area contributed by atoms with Gasteiger partial charge in [0, 0.05) is 5.69 Å². The zero-order valence-electron chi connectivity index (χ0n) is 12.9. The van der Waals surface area contributed by atoms with Gasteiger partial charge in [0.05, 0.1) is 23.2 Å². The molecule has 1 N–H and O–H groups in total. The van der Waals surface area contributed by atoms with Crippen LogP contribution in [-0.4, -0.2) is 19.7 Å². The molecular weight excluding hydrogens is 319 g/mol. The number of nitriles is 1. The minimum absolute atomic E-state index is 0.314. The molecule has 4 rings (SSSR count). The summed E-state index contributed by atoms with van der Waals surface area (Å²) in [5.74, 6) is 0.144. The molecule has 0 aliphatic carbocycles. The Hall–Kier alpha value is -3.79. The monoisotopic (exact) mass is 330 g/mol. The summed E-state index contributed by atoms with van der Waals surface area (Å²) in [4.78, 5) is 8.46. The Balaban J connectivity index is 1.79. The number of nitrogens with zero attached hydrogens (tertiary/aromatic N) is 5. The van der Waals surface area contributed by atoms with E-state index >= 15 is 0 Å². The summed E-state index contributed by atoms with van der Waals surface area (Å²) >= 11 is 0. The largest absolute Gasteiger partial charge is 0.339 e. The van der Waals surface area contributed by atoms with E-state index in [1.807, 2.05) is 6.07 Å². The fourth-order valence-electron chi connectivity index (χ4n) is 2.55. The summed E-state index contributed by atoms with van der Waals surface area (Å²) < 4.78 is 15.5. The van der Waals surface area contributed by atoms with Gasteiger partial charge in [0.1, 0.15) is 23.6 Å². The molecule has 0 bridgehead atoms. The molecule has 0 spiro atoms. The van der Waals surface area contributed by atoms with Gasteiger partial charge in [-0.25, -0.2) is 19.0 Å². The summed E-state index contributed by atoms with van der Waals surface area (Å²) in [5.41, 5.74) is 2.06. The van der Waals surface area contributed by atoms with Crippen molar-refractivity contribution in [2.75, 3.05) is 5.32 Å². The number of anilines is 2. The molecular formula is C18H11FN6. The Kier molecular flexibility index (Phi) is 3.56. The highest BCUT2D eigenvalue weighted by molar-refractivity contribution is 5.89. The third-order valence-corrected chi connectivity index (χ3v) is 3.70. The van der Waals surface area contributed by atoms with Crippen molar-refractivity contribution < 1.29 is 4.39 Å². The highest BCUT2D eigenvalue weighted by Crippen LogP contribution is 2.25. The third kappa shape index (κ3) is 2.66. The fourth-order valence-corrected chi connectivity index (χ4v) is 2.55. The number of para-hydroxylation sites is 1. The molecule has 0 aliphatic rings. The normalized spacial score (nSPS) is 10.6. The van der Waals surface area contributed by atoms with Crippen molar-refractivity contribution >= 4 is 22.5 Å². The lowest BCUT2D eigenvalue weighted by Gasteiger charge is -2.07. The molecule has 6 nitrogen and oxygen atoms in total. The van der Waals surface area contributed by atoms with Crippen LogP contribution in [0.3, 0.4) is 0 Å². The van der Waals surface area contributed by atoms with E-state index < -0.39 is 0 Å². The standard InChI is InChI=1S/C18H11FN6/c19-15-6-1-2-7-16(15)25-18-14(10-23-25)17(21-11-22-18)24-13-5-3-4-12(8-13)9-20/h1-8,10-11H,(H,21,22,24). The molecule has 0 amide bonds. The van der Waals surface area contributed by atoms with Crippen LogP contribution in [0.4, 0.5) is 15.9 Å². The smallest absolute Gasteiger partial charge is 0.168 e. The van der Waals surface area contributed by atoms with Gasteiger partial charge in [0.15, 0.2) is 5.65 Å². The molecule has 0 radical (unpaired) electrons. The van der Waals surface area contributed by atoms with E-state index in [4.69, 9.17) is 5.26 Å². The number of rotatable bonds is 3. The molecule has 2 heterocycles. The minimum Gasteiger partial charge on any atom is -0.339 e. The predicted octanol–water partition coefficient (Wildman–Crippen LogP) is 3.57. The molecule has 2 aromatic heterocycles. The van der Waals surface area contributed by atoms with Crippen LogP contribution < -0.4 is 5.32 Å². The van der Waals surface area contributed by atoms with Gasteiger partial charge >= 0.3 is 0 Å². The van der Waals surface area contributed by atoms with E-state index in [2.05, 4.69) is 26.5 Å². The van der Waals surface area contributed by atoms with Gasteiger partial charge in [-0.15, -0.1) is 0 Å². The van der Waals surface area contributed by atoms with Crippen molar-refractivity contribution in [3.8, 4) is 11.8 Å². The van der Waals surface area contributed by atoms with E-state index in [0.29, 0.717) is 28.1 Å². The van der Waals surface area contributed by atoms with Crippen molar-refractivity contribution in [1.29, 1.82) is 5.26 Å².